The lowest BCUT2D eigenvalue weighted by Crippen LogP contribution is -2.17. The summed E-state index contributed by atoms with van der Waals surface area (Å²) in [6, 6.07) is 16.5. The van der Waals surface area contributed by atoms with Crippen molar-refractivity contribution in [3.05, 3.63) is 77.4 Å². The highest BCUT2D eigenvalue weighted by Gasteiger charge is 2.14. The van der Waals surface area contributed by atoms with Crippen LogP contribution in [0.3, 0.4) is 0 Å². The van der Waals surface area contributed by atoms with Gasteiger partial charge < -0.3 is 23.7 Å². The number of benzene rings is 3. The van der Waals surface area contributed by atoms with Gasteiger partial charge in [0.2, 0.25) is 0 Å². The van der Waals surface area contributed by atoms with E-state index in [1.165, 1.54) is 20.4 Å². The van der Waals surface area contributed by atoms with Crippen molar-refractivity contribution in [3.8, 4) is 28.7 Å². The van der Waals surface area contributed by atoms with Crippen molar-refractivity contribution < 1.29 is 33.3 Å². The predicted octanol–water partition coefficient (Wildman–Crippen LogP) is 4.87. The van der Waals surface area contributed by atoms with Gasteiger partial charge in [0, 0.05) is 5.56 Å². The summed E-state index contributed by atoms with van der Waals surface area (Å²) < 4.78 is 27.2. The van der Waals surface area contributed by atoms with E-state index in [-0.39, 0.29) is 5.75 Å². The Morgan fingerprint density at radius 1 is 0.811 bits per heavy atom. The van der Waals surface area contributed by atoms with E-state index in [0.717, 1.165) is 6.42 Å². The molecule has 0 saturated carbocycles. The largest absolute Gasteiger partial charge is 0.494 e. The Hall–Kier alpha value is -4.53. The van der Waals surface area contributed by atoms with Crippen LogP contribution in [-0.2, 0) is 0 Å². The van der Waals surface area contributed by atoms with Gasteiger partial charge in [-0.1, -0.05) is 6.92 Å². The first-order valence-electron chi connectivity index (χ1n) is 11.8. The number of amides is 1. The molecule has 3 aromatic rings. The first-order valence-corrected chi connectivity index (χ1v) is 11.8. The zero-order chi connectivity index (χ0) is 26.6. The molecule has 0 atom stereocenters. The standard InChI is InChI=1S/C28H30N2O7/c1-5-15-36-22-11-8-20(9-12-22)28(32)37-24-13-7-19(16-26(24)35-6-2)18-29-30-27(31)21-10-14-23(33-3)25(17-21)34-4/h7-14,16-18H,5-6,15H2,1-4H3,(H,30,31)/b29-18-. The fourth-order valence-corrected chi connectivity index (χ4v) is 3.23. The van der Waals surface area contributed by atoms with Crippen LogP contribution in [0.1, 0.15) is 46.5 Å². The third-order valence-corrected chi connectivity index (χ3v) is 5.06. The van der Waals surface area contributed by atoms with Gasteiger partial charge in [-0.2, -0.15) is 5.10 Å². The molecule has 0 fully saturated rings. The number of hydrogen-bond donors (Lipinski definition) is 1. The third kappa shape index (κ3) is 7.47. The van der Waals surface area contributed by atoms with E-state index in [4.69, 9.17) is 23.7 Å². The Balaban J connectivity index is 1.67. The maximum atomic E-state index is 12.6. The predicted molar refractivity (Wildman–Crippen MR) is 139 cm³/mol. The maximum Gasteiger partial charge on any atom is 0.343 e. The highest BCUT2D eigenvalue weighted by Crippen LogP contribution is 2.29. The van der Waals surface area contributed by atoms with Crippen molar-refractivity contribution in [2.45, 2.75) is 20.3 Å². The molecular weight excluding hydrogens is 476 g/mol. The number of methoxy groups -OCH3 is 2. The number of carbonyl (C=O) groups excluding carboxylic acids is 2. The minimum absolute atomic E-state index is 0.268. The van der Waals surface area contributed by atoms with E-state index in [9.17, 15) is 9.59 Å². The molecular formula is C28H30N2O7. The molecule has 1 N–H and O–H groups in total. The normalized spacial score (nSPS) is 10.6. The minimum Gasteiger partial charge on any atom is -0.494 e. The number of hydrazone groups is 1. The molecule has 0 radical (unpaired) electrons. The van der Waals surface area contributed by atoms with Crippen molar-refractivity contribution in [2.24, 2.45) is 5.10 Å². The van der Waals surface area contributed by atoms with Gasteiger partial charge in [0.15, 0.2) is 23.0 Å². The van der Waals surface area contributed by atoms with Crippen LogP contribution in [0.5, 0.6) is 28.7 Å². The maximum absolute atomic E-state index is 12.6. The number of nitrogens with one attached hydrogen (secondary N) is 1. The lowest BCUT2D eigenvalue weighted by molar-refractivity contribution is 0.0728. The Morgan fingerprint density at radius 3 is 2.19 bits per heavy atom. The van der Waals surface area contributed by atoms with E-state index in [2.05, 4.69) is 10.5 Å². The molecule has 9 nitrogen and oxygen atoms in total. The Morgan fingerprint density at radius 2 is 1.51 bits per heavy atom. The summed E-state index contributed by atoms with van der Waals surface area (Å²) in [6.07, 6.45) is 2.36. The summed E-state index contributed by atoms with van der Waals surface area (Å²) >= 11 is 0. The van der Waals surface area contributed by atoms with Crippen LogP contribution >= 0.6 is 0 Å². The molecule has 0 spiro atoms. The van der Waals surface area contributed by atoms with Crippen LogP contribution in [-0.4, -0.2) is 45.5 Å². The van der Waals surface area contributed by atoms with Gasteiger partial charge in [-0.3, -0.25) is 4.79 Å². The van der Waals surface area contributed by atoms with Crippen LogP contribution in [0.15, 0.2) is 65.8 Å². The smallest absolute Gasteiger partial charge is 0.343 e. The van der Waals surface area contributed by atoms with Crippen molar-refractivity contribution in [1.82, 2.24) is 5.43 Å². The minimum atomic E-state index is -0.522. The number of rotatable bonds is 12. The number of nitrogens with zero attached hydrogens (tertiary/aromatic N) is 1. The van der Waals surface area contributed by atoms with Crippen molar-refractivity contribution in [2.75, 3.05) is 27.4 Å². The second-order valence-corrected chi connectivity index (χ2v) is 7.67. The van der Waals surface area contributed by atoms with E-state index in [1.807, 2.05) is 13.8 Å². The summed E-state index contributed by atoms with van der Waals surface area (Å²) in [5.41, 5.74) is 3.85. The number of esters is 1. The molecule has 0 aromatic heterocycles. The van der Waals surface area contributed by atoms with Gasteiger partial charge >= 0.3 is 5.97 Å². The van der Waals surface area contributed by atoms with Crippen LogP contribution in [0, 0.1) is 0 Å². The van der Waals surface area contributed by atoms with Crippen LogP contribution < -0.4 is 29.1 Å². The van der Waals surface area contributed by atoms with Crippen LogP contribution in [0.25, 0.3) is 0 Å². The molecule has 0 bridgehead atoms. The lowest BCUT2D eigenvalue weighted by atomic mass is 10.2. The van der Waals surface area contributed by atoms with Gasteiger partial charge in [-0.25, -0.2) is 10.2 Å². The molecule has 0 saturated heterocycles. The van der Waals surface area contributed by atoms with Gasteiger partial charge in [0.25, 0.3) is 5.91 Å². The summed E-state index contributed by atoms with van der Waals surface area (Å²) in [7, 11) is 3.01. The van der Waals surface area contributed by atoms with E-state index < -0.39 is 11.9 Å². The number of ether oxygens (including phenoxy) is 5. The third-order valence-electron chi connectivity index (χ3n) is 5.06. The van der Waals surface area contributed by atoms with Gasteiger partial charge in [0.1, 0.15) is 5.75 Å². The fourth-order valence-electron chi connectivity index (χ4n) is 3.23. The van der Waals surface area contributed by atoms with Crippen LogP contribution in [0.4, 0.5) is 0 Å². The average molecular weight is 507 g/mol. The average Bonchev–Trinajstić information content (AvgIpc) is 2.93. The quantitative estimate of drug-likeness (QED) is 0.162. The number of hydrogen-bond acceptors (Lipinski definition) is 8. The Labute approximate surface area is 216 Å². The SMILES string of the molecule is CCCOc1ccc(C(=O)Oc2ccc(/C=N\NC(=O)c3ccc(OC)c(OC)c3)cc2OCC)cc1. The molecule has 3 rings (SSSR count). The molecule has 0 aliphatic rings. The summed E-state index contributed by atoms with van der Waals surface area (Å²) in [4.78, 5) is 25.1. The van der Waals surface area contributed by atoms with Gasteiger partial charge in [-0.15, -0.1) is 0 Å². The van der Waals surface area contributed by atoms with Crippen molar-refractivity contribution in [1.29, 1.82) is 0 Å². The van der Waals surface area contributed by atoms with Gasteiger partial charge in [0.05, 0.1) is 39.2 Å². The zero-order valence-corrected chi connectivity index (χ0v) is 21.3. The van der Waals surface area contributed by atoms with Crippen LogP contribution in [0.2, 0.25) is 0 Å². The topological polar surface area (TPSA) is 105 Å². The van der Waals surface area contributed by atoms with Crippen molar-refractivity contribution in [3.63, 3.8) is 0 Å². The molecule has 0 aliphatic heterocycles. The lowest BCUT2D eigenvalue weighted by Gasteiger charge is -2.12. The first-order chi connectivity index (χ1) is 18.0. The zero-order valence-electron chi connectivity index (χ0n) is 21.3. The molecule has 0 unspecified atom stereocenters. The molecule has 194 valence electrons. The number of carbonyl (C=O) groups is 2. The molecule has 9 heteroatoms. The molecule has 1 amide bonds. The van der Waals surface area contributed by atoms with E-state index in [1.54, 1.807) is 60.7 Å². The summed E-state index contributed by atoms with van der Waals surface area (Å²) in [5.74, 6) is 1.34. The second-order valence-electron chi connectivity index (χ2n) is 7.67. The molecule has 37 heavy (non-hydrogen) atoms. The monoisotopic (exact) mass is 506 g/mol. The van der Waals surface area contributed by atoms with Gasteiger partial charge in [-0.05, 0) is 79.6 Å². The van der Waals surface area contributed by atoms with E-state index in [0.29, 0.717) is 52.9 Å². The van der Waals surface area contributed by atoms with E-state index >= 15 is 0 Å². The molecule has 0 heterocycles. The highest BCUT2D eigenvalue weighted by atomic mass is 16.6. The molecule has 3 aromatic carbocycles. The Bertz CT molecular complexity index is 1240. The first kappa shape index (κ1) is 27.1. The summed E-state index contributed by atoms with van der Waals surface area (Å²) in [5, 5.41) is 4.01. The summed E-state index contributed by atoms with van der Waals surface area (Å²) in [6.45, 7) is 4.82. The Kier molecular flexibility index (Phi) is 9.90. The fraction of sp³-hybridized carbons (Fsp3) is 0.250. The second kappa shape index (κ2) is 13.5. The van der Waals surface area contributed by atoms with Crippen molar-refractivity contribution >= 4 is 18.1 Å². The highest BCUT2D eigenvalue weighted by molar-refractivity contribution is 5.95. The molecule has 0 aliphatic carbocycles.